The maximum absolute atomic E-state index is 12.8. The number of aryl methyl sites for hydroxylation is 1. The monoisotopic (exact) mass is 434 g/mol. The SMILES string of the molecule is COc1ccc(-c2nn(-c3ccccc3)cc2/C=C(\C#N)C(=O)Nc2cccc(C)c2)cc1. The zero-order chi connectivity index (χ0) is 23.2. The lowest BCUT2D eigenvalue weighted by Crippen LogP contribution is -2.13. The van der Waals surface area contributed by atoms with Gasteiger partial charge in [0.15, 0.2) is 0 Å². The van der Waals surface area contributed by atoms with Gasteiger partial charge in [0.1, 0.15) is 17.4 Å². The number of anilines is 1. The third-order valence-electron chi connectivity index (χ3n) is 5.07. The summed E-state index contributed by atoms with van der Waals surface area (Å²) in [6.07, 6.45) is 3.38. The molecule has 0 aliphatic carbocycles. The first-order valence-corrected chi connectivity index (χ1v) is 10.4. The Hall–Kier alpha value is -4.63. The number of nitriles is 1. The van der Waals surface area contributed by atoms with Crippen LogP contribution in [0.1, 0.15) is 11.1 Å². The molecule has 0 aliphatic rings. The molecule has 0 spiro atoms. The number of amides is 1. The molecule has 1 heterocycles. The second-order valence-corrected chi connectivity index (χ2v) is 7.44. The van der Waals surface area contributed by atoms with Crippen molar-refractivity contribution in [2.45, 2.75) is 6.92 Å². The Kier molecular flexibility index (Phi) is 6.33. The third-order valence-corrected chi connectivity index (χ3v) is 5.07. The van der Waals surface area contributed by atoms with E-state index in [1.54, 1.807) is 23.9 Å². The molecule has 33 heavy (non-hydrogen) atoms. The van der Waals surface area contributed by atoms with Crippen molar-refractivity contribution < 1.29 is 9.53 Å². The summed E-state index contributed by atoms with van der Waals surface area (Å²) in [4.78, 5) is 12.8. The van der Waals surface area contributed by atoms with Crippen molar-refractivity contribution in [1.82, 2.24) is 9.78 Å². The van der Waals surface area contributed by atoms with Crippen molar-refractivity contribution in [3.63, 3.8) is 0 Å². The Bertz CT molecular complexity index is 1350. The van der Waals surface area contributed by atoms with Gasteiger partial charge in [0, 0.05) is 23.0 Å². The number of benzene rings is 3. The number of aromatic nitrogens is 2. The van der Waals surface area contributed by atoms with Crippen LogP contribution in [0.15, 0.2) is 90.6 Å². The molecule has 0 fully saturated rings. The average molecular weight is 434 g/mol. The van der Waals surface area contributed by atoms with Crippen molar-refractivity contribution >= 4 is 17.7 Å². The van der Waals surface area contributed by atoms with E-state index < -0.39 is 5.91 Å². The highest BCUT2D eigenvalue weighted by Crippen LogP contribution is 2.27. The Labute approximate surface area is 192 Å². The minimum atomic E-state index is -0.476. The van der Waals surface area contributed by atoms with Crippen molar-refractivity contribution in [2.24, 2.45) is 0 Å². The number of hydrogen-bond acceptors (Lipinski definition) is 4. The number of ether oxygens (including phenoxy) is 1. The predicted molar refractivity (Wildman–Crippen MR) is 129 cm³/mol. The van der Waals surface area contributed by atoms with Gasteiger partial charge in [-0.25, -0.2) is 4.68 Å². The van der Waals surface area contributed by atoms with E-state index in [4.69, 9.17) is 9.84 Å². The molecule has 4 aromatic rings. The van der Waals surface area contributed by atoms with Crippen LogP contribution in [0.25, 0.3) is 23.0 Å². The predicted octanol–water partition coefficient (Wildman–Crippen LogP) is 5.40. The first-order valence-electron chi connectivity index (χ1n) is 10.4. The van der Waals surface area contributed by atoms with Crippen LogP contribution >= 0.6 is 0 Å². The average Bonchev–Trinajstić information content (AvgIpc) is 3.27. The zero-order valence-corrected chi connectivity index (χ0v) is 18.3. The van der Waals surface area contributed by atoms with Crippen molar-refractivity contribution in [3.05, 3.63) is 102 Å². The molecular formula is C27H22N4O2. The van der Waals surface area contributed by atoms with E-state index in [1.807, 2.05) is 92.0 Å². The molecule has 0 saturated heterocycles. The van der Waals surface area contributed by atoms with Crippen LogP contribution in [-0.4, -0.2) is 22.8 Å². The molecule has 6 nitrogen and oxygen atoms in total. The molecule has 1 amide bonds. The molecule has 1 N–H and O–H groups in total. The minimum Gasteiger partial charge on any atom is -0.497 e. The van der Waals surface area contributed by atoms with Crippen LogP contribution in [-0.2, 0) is 4.79 Å². The van der Waals surface area contributed by atoms with E-state index in [0.29, 0.717) is 16.9 Å². The molecular weight excluding hydrogens is 412 g/mol. The molecule has 1 aromatic heterocycles. The first-order chi connectivity index (χ1) is 16.1. The fourth-order valence-electron chi connectivity index (χ4n) is 3.40. The number of methoxy groups -OCH3 is 1. The maximum atomic E-state index is 12.8. The summed E-state index contributed by atoms with van der Waals surface area (Å²) in [6.45, 7) is 1.94. The molecule has 0 atom stereocenters. The van der Waals surface area contributed by atoms with Gasteiger partial charge < -0.3 is 10.1 Å². The van der Waals surface area contributed by atoms with Crippen LogP contribution in [0.5, 0.6) is 5.75 Å². The Morgan fingerprint density at radius 3 is 2.48 bits per heavy atom. The molecule has 0 radical (unpaired) electrons. The van der Waals surface area contributed by atoms with Crippen molar-refractivity contribution in [1.29, 1.82) is 5.26 Å². The number of rotatable bonds is 6. The van der Waals surface area contributed by atoms with Gasteiger partial charge in [0.25, 0.3) is 5.91 Å². The van der Waals surface area contributed by atoms with E-state index in [2.05, 4.69) is 5.32 Å². The van der Waals surface area contributed by atoms with Gasteiger partial charge in [-0.15, -0.1) is 0 Å². The smallest absolute Gasteiger partial charge is 0.266 e. The fourth-order valence-corrected chi connectivity index (χ4v) is 3.40. The van der Waals surface area contributed by atoms with Crippen LogP contribution in [0.2, 0.25) is 0 Å². The Morgan fingerprint density at radius 2 is 1.82 bits per heavy atom. The van der Waals surface area contributed by atoms with E-state index in [9.17, 15) is 10.1 Å². The molecule has 0 bridgehead atoms. The number of hydrogen-bond donors (Lipinski definition) is 1. The standard InChI is InChI=1S/C27H22N4O2/c1-19-7-6-8-23(15-19)29-27(32)21(17-28)16-22-18-31(24-9-4-3-5-10-24)30-26(22)20-11-13-25(33-2)14-12-20/h3-16,18H,1-2H3,(H,29,32)/b21-16+. The minimum absolute atomic E-state index is 0.0149. The molecule has 162 valence electrons. The largest absolute Gasteiger partial charge is 0.497 e. The lowest BCUT2D eigenvalue weighted by atomic mass is 10.1. The molecule has 0 saturated carbocycles. The summed E-state index contributed by atoms with van der Waals surface area (Å²) in [5.74, 6) is 0.254. The Morgan fingerprint density at radius 1 is 1.06 bits per heavy atom. The molecule has 3 aromatic carbocycles. The van der Waals surface area contributed by atoms with Gasteiger partial charge in [-0.3, -0.25) is 4.79 Å². The lowest BCUT2D eigenvalue weighted by molar-refractivity contribution is -0.112. The first kappa shape index (κ1) is 21.6. The van der Waals surface area contributed by atoms with Gasteiger partial charge in [-0.2, -0.15) is 10.4 Å². The highest BCUT2D eigenvalue weighted by atomic mass is 16.5. The zero-order valence-electron chi connectivity index (χ0n) is 18.3. The van der Waals surface area contributed by atoms with Gasteiger partial charge in [0.05, 0.1) is 18.5 Å². The summed E-state index contributed by atoms with van der Waals surface area (Å²) in [6, 6.07) is 26.6. The lowest BCUT2D eigenvalue weighted by Gasteiger charge is -2.05. The fraction of sp³-hybridized carbons (Fsp3) is 0.0741. The molecule has 0 aliphatic heterocycles. The summed E-state index contributed by atoms with van der Waals surface area (Å²) in [5.41, 5.74) is 4.65. The second-order valence-electron chi connectivity index (χ2n) is 7.44. The number of para-hydroxylation sites is 1. The van der Waals surface area contributed by atoms with Crippen molar-refractivity contribution in [2.75, 3.05) is 12.4 Å². The number of carbonyl (C=O) groups excluding carboxylic acids is 1. The number of carbonyl (C=O) groups is 1. The molecule has 0 unspecified atom stereocenters. The van der Waals surface area contributed by atoms with E-state index in [1.165, 1.54) is 0 Å². The van der Waals surface area contributed by atoms with Gasteiger partial charge in [-0.05, 0) is 67.1 Å². The van der Waals surface area contributed by atoms with Gasteiger partial charge >= 0.3 is 0 Å². The topological polar surface area (TPSA) is 79.9 Å². The van der Waals surface area contributed by atoms with Gasteiger partial charge in [0.2, 0.25) is 0 Å². The van der Waals surface area contributed by atoms with Gasteiger partial charge in [-0.1, -0.05) is 30.3 Å². The highest BCUT2D eigenvalue weighted by molar-refractivity contribution is 6.10. The van der Waals surface area contributed by atoms with E-state index in [-0.39, 0.29) is 5.57 Å². The van der Waals surface area contributed by atoms with E-state index >= 15 is 0 Å². The number of nitrogens with zero attached hydrogens (tertiary/aromatic N) is 3. The summed E-state index contributed by atoms with van der Waals surface area (Å²) >= 11 is 0. The van der Waals surface area contributed by atoms with Crippen LogP contribution in [0.3, 0.4) is 0 Å². The summed E-state index contributed by atoms with van der Waals surface area (Å²) < 4.78 is 6.99. The second kappa shape index (κ2) is 9.67. The molecule has 6 heteroatoms. The van der Waals surface area contributed by atoms with Crippen molar-refractivity contribution in [3.8, 4) is 28.8 Å². The van der Waals surface area contributed by atoms with Crippen LogP contribution in [0, 0.1) is 18.3 Å². The maximum Gasteiger partial charge on any atom is 0.266 e. The Balaban J connectivity index is 1.75. The quantitative estimate of drug-likeness (QED) is 0.325. The normalized spacial score (nSPS) is 11.0. The van der Waals surface area contributed by atoms with Crippen LogP contribution < -0.4 is 10.1 Å². The molecule has 4 rings (SSSR count). The summed E-state index contributed by atoms with van der Waals surface area (Å²) in [7, 11) is 1.61. The van der Waals surface area contributed by atoms with Crippen LogP contribution in [0.4, 0.5) is 5.69 Å². The third kappa shape index (κ3) is 5.00. The number of nitrogens with one attached hydrogen (secondary N) is 1. The van der Waals surface area contributed by atoms with E-state index in [0.717, 1.165) is 22.6 Å². The summed E-state index contributed by atoms with van der Waals surface area (Å²) in [5, 5.41) is 17.3. The highest BCUT2D eigenvalue weighted by Gasteiger charge is 2.15.